The zero-order chi connectivity index (χ0) is 15.7. The predicted molar refractivity (Wildman–Crippen MR) is 93.8 cm³/mol. The van der Waals surface area contributed by atoms with Gasteiger partial charge < -0.3 is 10.3 Å². The Kier molecular flexibility index (Phi) is 4.18. The first-order valence-electron chi connectivity index (χ1n) is 7.15. The van der Waals surface area contributed by atoms with Gasteiger partial charge in [0.05, 0.1) is 5.56 Å². The van der Waals surface area contributed by atoms with Crippen molar-refractivity contribution >= 4 is 28.6 Å². The number of hydrogen-bond donors (Lipinski definition) is 1. The summed E-state index contributed by atoms with van der Waals surface area (Å²) in [4.78, 5) is 14.4. The fraction of sp³-hybridized carbons (Fsp3) is 0.235. The Morgan fingerprint density at radius 2 is 1.86 bits per heavy atom. The Balaban J connectivity index is 2.04. The molecule has 3 heterocycles. The number of amides is 1. The third-order valence-electron chi connectivity index (χ3n) is 3.96. The highest BCUT2D eigenvalue weighted by molar-refractivity contribution is 7.13. The van der Waals surface area contributed by atoms with Crippen molar-refractivity contribution in [3.63, 3.8) is 0 Å². The third-order valence-corrected chi connectivity index (χ3v) is 5.78. The number of aromatic nitrogens is 1. The molecule has 114 valence electrons. The first-order chi connectivity index (χ1) is 10.6. The number of primary amides is 1. The van der Waals surface area contributed by atoms with Crippen molar-refractivity contribution in [2.75, 3.05) is 0 Å². The molecule has 0 aliphatic heterocycles. The molecular weight excluding hydrogens is 312 g/mol. The lowest BCUT2D eigenvalue weighted by Crippen LogP contribution is -2.13. The molecule has 0 unspecified atom stereocenters. The van der Waals surface area contributed by atoms with Crippen molar-refractivity contribution in [1.82, 2.24) is 4.57 Å². The Morgan fingerprint density at radius 3 is 2.45 bits per heavy atom. The molecule has 5 heteroatoms. The van der Waals surface area contributed by atoms with E-state index in [9.17, 15) is 4.79 Å². The standard InChI is InChI=1S/C17H18N2OS2/c1-11-15(14-6-4-10-22-14)16(17(18)20)12(2)19(11)8-7-13-5-3-9-21-13/h3-6,9-10H,7-8H2,1-2H3,(H2,18,20). The highest BCUT2D eigenvalue weighted by Crippen LogP contribution is 2.35. The average molecular weight is 330 g/mol. The van der Waals surface area contributed by atoms with Crippen LogP contribution in [0.15, 0.2) is 35.0 Å². The summed E-state index contributed by atoms with van der Waals surface area (Å²) >= 11 is 3.41. The van der Waals surface area contributed by atoms with Crippen LogP contribution in [0.5, 0.6) is 0 Å². The molecule has 0 aromatic carbocycles. The lowest BCUT2D eigenvalue weighted by Gasteiger charge is -2.08. The number of hydrogen-bond acceptors (Lipinski definition) is 3. The van der Waals surface area contributed by atoms with E-state index >= 15 is 0 Å². The van der Waals surface area contributed by atoms with Crippen LogP contribution in [0.4, 0.5) is 0 Å². The van der Waals surface area contributed by atoms with Crippen LogP contribution in [-0.2, 0) is 13.0 Å². The minimum atomic E-state index is -0.348. The number of carbonyl (C=O) groups excluding carboxylic acids is 1. The fourth-order valence-electron chi connectivity index (χ4n) is 2.92. The lowest BCUT2D eigenvalue weighted by molar-refractivity contribution is 0.1000. The minimum absolute atomic E-state index is 0.348. The van der Waals surface area contributed by atoms with Crippen molar-refractivity contribution in [3.05, 3.63) is 56.9 Å². The molecule has 3 nitrogen and oxygen atoms in total. The second kappa shape index (κ2) is 6.10. The second-order valence-electron chi connectivity index (χ2n) is 5.24. The molecule has 3 aromatic heterocycles. The van der Waals surface area contributed by atoms with E-state index in [0.717, 1.165) is 34.8 Å². The Hall–Kier alpha value is -1.85. The summed E-state index contributed by atoms with van der Waals surface area (Å²) in [7, 11) is 0. The quantitative estimate of drug-likeness (QED) is 0.747. The van der Waals surface area contributed by atoms with Crippen molar-refractivity contribution in [1.29, 1.82) is 0 Å². The van der Waals surface area contributed by atoms with E-state index in [4.69, 9.17) is 5.73 Å². The van der Waals surface area contributed by atoms with Gasteiger partial charge in [0, 0.05) is 33.3 Å². The topological polar surface area (TPSA) is 48.0 Å². The van der Waals surface area contributed by atoms with E-state index in [1.54, 1.807) is 22.7 Å². The van der Waals surface area contributed by atoms with Gasteiger partial charge in [0.1, 0.15) is 0 Å². The van der Waals surface area contributed by atoms with Gasteiger partial charge in [0.2, 0.25) is 0 Å². The van der Waals surface area contributed by atoms with Gasteiger partial charge in [0.15, 0.2) is 0 Å². The fourth-order valence-corrected chi connectivity index (χ4v) is 4.45. The average Bonchev–Trinajstić information content (AvgIpc) is 3.19. The summed E-state index contributed by atoms with van der Waals surface area (Å²) in [5.74, 6) is -0.348. The zero-order valence-electron chi connectivity index (χ0n) is 12.6. The zero-order valence-corrected chi connectivity index (χ0v) is 14.3. The van der Waals surface area contributed by atoms with Crippen LogP contribution < -0.4 is 5.73 Å². The van der Waals surface area contributed by atoms with Gasteiger partial charge in [0.25, 0.3) is 5.91 Å². The Morgan fingerprint density at radius 1 is 1.14 bits per heavy atom. The van der Waals surface area contributed by atoms with Gasteiger partial charge in [-0.15, -0.1) is 22.7 Å². The highest BCUT2D eigenvalue weighted by Gasteiger charge is 2.22. The van der Waals surface area contributed by atoms with Crippen LogP contribution in [0.3, 0.4) is 0 Å². The number of aryl methyl sites for hydroxylation is 1. The van der Waals surface area contributed by atoms with Crippen LogP contribution in [0.2, 0.25) is 0 Å². The molecule has 0 saturated heterocycles. The van der Waals surface area contributed by atoms with Crippen LogP contribution >= 0.6 is 22.7 Å². The molecule has 0 atom stereocenters. The van der Waals surface area contributed by atoms with Crippen LogP contribution in [0, 0.1) is 13.8 Å². The van der Waals surface area contributed by atoms with Gasteiger partial charge in [-0.1, -0.05) is 12.1 Å². The van der Waals surface area contributed by atoms with Crippen molar-refractivity contribution in [3.8, 4) is 10.4 Å². The molecule has 1 amide bonds. The van der Waals surface area contributed by atoms with Gasteiger partial charge >= 0.3 is 0 Å². The SMILES string of the molecule is Cc1c(C(N)=O)c(-c2cccs2)c(C)n1CCc1cccs1. The Labute approximate surface area is 138 Å². The molecule has 2 N–H and O–H groups in total. The lowest BCUT2D eigenvalue weighted by atomic mass is 10.1. The molecule has 22 heavy (non-hydrogen) atoms. The molecule has 0 aliphatic carbocycles. The molecule has 0 fully saturated rings. The molecule has 3 aromatic rings. The molecule has 0 aliphatic rings. The van der Waals surface area contributed by atoms with Crippen molar-refractivity contribution in [2.24, 2.45) is 5.73 Å². The second-order valence-corrected chi connectivity index (χ2v) is 7.22. The van der Waals surface area contributed by atoms with Gasteiger partial charge in [-0.2, -0.15) is 0 Å². The van der Waals surface area contributed by atoms with Crippen LogP contribution in [0.1, 0.15) is 26.6 Å². The number of nitrogens with zero attached hydrogens (tertiary/aromatic N) is 1. The molecular formula is C17H18N2OS2. The largest absolute Gasteiger partial charge is 0.366 e. The van der Waals surface area contributed by atoms with Gasteiger partial charge in [-0.05, 0) is 43.2 Å². The van der Waals surface area contributed by atoms with Crippen molar-refractivity contribution in [2.45, 2.75) is 26.8 Å². The summed E-state index contributed by atoms with van der Waals surface area (Å²) < 4.78 is 2.22. The van der Waals surface area contributed by atoms with E-state index < -0.39 is 0 Å². The molecule has 0 spiro atoms. The number of rotatable bonds is 5. The molecule has 0 radical (unpaired) electrons. The third kappa shape index (κ3) is 2.62. The van der Waals surface area contributed by atoms with E-state index in [2.05, 4.69) is 29.0 Å². The maximum atomic E-state index is 12.0. The maximum absolute atomic E-state index is 12.0. The smallest absolute Gasteiger partial charge is 0.251 e. The predicted octanol–water partition coefficient (Wildman–Crippen LogP) is 4.24. The number of nitrogens with two attached hydrogens (primary N) is 1. The molecule has 0 bridgehead atoms. The van der Waals surface area contributed by atoms with Gasteiger partial charge in [-0.3, -0.25) is 4.79 Å². The van der Waals surface area contributed by atoms with Crippen molar-refractivity contribution < 1.29 is 4.79 Å². The molecule has 0 saturated carbocycles. The Bertz CT molecular complexity index is 783. The summed E-state index contributed by atoms with van der Waals surface area (Å²) in [6.45, 7) is 4.92. The minimum Gasteiger partial charge on any atom is -0.366 e. The summed E-state index contributed by atoms with van der Waals surface area (Å²) in [5.41, 5.74) is 9.38. The highest BCUT2D eigenvalue weighted by atomic mass is 32.1. The van der Waals surface area contributed by atoms with E-state index in [1.165, 1.54) is 4.88 Å². The van der Waals surface area contributed by atoms with Crippen LogP contribution in [-0.4, -0.2) is 10.5 Å². The first-order valence-corrected chi connectivity index (χ1v) is 8.91. The van der Waals surface area contributed by atoms with E-state index in [1.807, 2.05) is 24.4 Å². The van der Waals surface area contributed by atoms with Crippen LogP contribution in [0.25, 0.3) is 10.4 Å². The normalized spacial score (nSPS) is 11.0. The van der Waals surface area contributed by atoms with Gasteiger partial charge in [-0.25, -0.2) is 0 Å². The number of thiophene rings is 2. The summed E-state index contributed by atoms with van der Waals surface area (Å²) in [5, 5.41) is 4.12. The summed E-state index contributed by atoms with van der Waals surface area (Å²) in [6.07, 6.45) is 0.968. The molecule has 3 rings (SSSR count). The van der Waals surface area contributed by atoms with E-state index in [-0.39, 0.29) is 5.91 Å². The summed E-state index contributed by atoms with van der Waals surface area (Å²) in [6, 6.07) is 8.26. The monoisotopic (exact) mass is 330 g/mol. The van der Waals surface area contributed by atoms with E-state index in [0.29, 0.717) is 5.56 Å². The maximum Gasteiger partial charge on any atom is 0.251 e. The number of carbonyl (C=O) groups is 1. The first kappa shape index (κ1) is 15.1.